The second-order valence-corrected chi connectivity index (χ2v) is 8.84. The Balaban J connectivity index is 1.59. The molecule has 8 heteroatoms. The number of hydrogen-bond acceptors (Lipinski definition) is 5. The number of furan rings is 1. The molecule has 0 unspecified atom stereocenters. The molecule has 0 bridgehead atoms. The molecule has 0 aliphatic heterocycles. The number of carbonyl (C=O) groups is 1. The summed E-state index contributed by atoms with van der Waals surface area (Å²) in [6, 6.07) is 20.9. The van der Waals surface area contributed by atoms with E-state index in [9.17, 15) is 4.79 Å². The third-order valence-corrected chi connectivity index (χ3v) is 6.06. The van der Waals surface area contributed by atoms with Gasteiger partial charge in [0.2, 0.25) is 5.91 Å². The van der Waals surface area contributed by atoms with Gasteiger partial charge in [0.15, 0.2) is 11.0 Å². The molecule has 32 heavy (non-hydrogen) atoms. The van der Waals surface area contributed by atoms with Gasteiger partial charge < -0.3 is 9.32 Å². The standard InChI is InChI=1S/C24H23ClN4O2S/c1-17(2)29(20-7-4-3-5-8-20)22(30)16-32-24-27-26-23(18-10-12-19(25)13-11-18)28(24)15-21-9-6-14-31-21/h3-14,17H,15-16H2,1-2H3. The summed E-state index contributed by atoms with van der Waals surface area (Å²) in [6.07, 6.45) is 1.64. The number of benzene rings is 2. The second-order valence-electron chi connectivity index (χ2n) is 7.46. The van der Waals surface area contributed by atoms with Gasteiger partial charge in [0, 0.05) is 22.3 Å². The van der Waals surface area contributed by atoms with Gasteiger partial charge in [0.1, 0.15) is 5.76 Å². The van der Waals surface area contributed by atoms with Gasteiger partial charge >= 0.3 is 0 Å². The number of hydrogen-bond donors (Lipinski definition) is 0. The number of thioether (sulfide) groups is 1. The zero-order valence-corrected chi connectivity index (χ0v) is 19.4. The van der Waals surface area contributed by atoms with Crippen molar-refractivity contribution in [1.82, 2.24) is 14.8 Å². The number of nitrogens with zero attached hydrogens (tertiary/aromatic N) is 4. The maximum absolute atomic E-state index is 13.1. The van der Waals surface area contributed by atoms with Gasteiger partial charge in [0.25, 0.3) is 0 Å². The van der Waals surface area contributed by atoms with Crippen LogP contribution in [0.4, 0.5) is 5.69 Å². The lowest BCUT2D eigenvalue weighted by Crippen LogP contribution is -2.38. The van der Waals surface area contributed by atoms with Crippen LogP contribution >= 0.6 is 23.4 Å². The van der Waals surface area contributed by atoms with Gasteiger partial charge in [-0.1, -0.05) is 41.6 Å². The van der Waals surface area contributed by atoms with Crippen LogP contribution in [0.5, 0.6) is 0 Å². The van der Waals surface area contributed by atoms with E-state index in [0.29, 0.717) is 22.5 Å². The Morgan fingerprint density at radius 1 is 1.06 bits per heavy atom. The molecule has 2 aromatic heterocycles. The molecule has 164 valence electrons. The monoisotopic (exact) mass is 466 g/mol. The SMILES string of the molecule is CC(C)N(C(=O)CSc1nnc(-c2ccc(Cl)cc2)n1Cc1ccco1)c1ccccc1. The smallest absolute Gasteiger partial charge is 0.237 e. The fourth-order valence-electron chi connectivity index (χ4n) is 3.42. The molecule has 6 nitrogen and oxygen atoms in total. The summed E-state index contributed by atoms with van der Waals surface area (Å²) in [5.74, 6) is 1.72. The number of halogens is 1. The largest absolute Gasteiger partial charge is 0.467 e. The van der Waals surface area contributed by atoms with Crippen molar-refractivity contribution in [3.05, 3.63) is 83.8 Å². The molecule has 0 radical (unpaired) electrons. The average molecular weight is 467 g/mol. The molecule has 0 fully saturated rings. The molecular weight excluding hydrogens is 444 g/mol. The van der Waals surface area contributed by atoms with Crippen molar-refractivity contribution >= 4 is 35.0 Å². The summed E-state index contributed by atoms with van der Waals surface area (Å²) < 4.78 is 7.50. The van der Waals surface area contributed by atoms with E-state index in [0.717, 1.165) is 17.0 Å². The highest BCUT2D eigenvalue weighted by molar-refractivity contribution is 7.99. The summed E-state index contributed by atoms with van der Waals surface area (Å²) in [6.45, 7) is 4.47. The molecule has 0 atom stereocenters. The van der Waals surface area contributed by atoms with Crippen molar-refractivity contribution in [1.29, 1.82) is 0 Å². The summed E-state index contributed by atoms with van der Waals surface area (Å²) in [7, 11) is 0. The van der Waals surface area contributed by atoms with Gasteiger partial charge in [-0.3, -0.25) is 9.36 Å². The van der Waals surface area contributed by atoms with Gasteiger partial charge in [0.05, 0.1) is 18.6 Å². The maximum atomic E-state index is 13.1. The first kappa shape index (κ1) is 22.2. The highest BCUT2D eigenvalue weighted by Gasteiger charge is 2.22. The first-order valence-electron chi connectivity index (χ1n) is 10.2. The quantitative estimate of drug-likeness (QED) is 0.308. The zero-order chi connectivity index (χ0) is 22.5. The molecular formula is C24H23ClN4O2S. The Morgan fingerprint density at radius 2 is 1.81 bits per heavy atom. The predicted molar refractivity (Wildman–Crippen MR) is 128 cm³/mol. The Morgan fingerprint density at radius 3 is 2.47 bits per heavy atom. The molecule has 0 aliphatic carbocycles. The molecule has 4 rings (SSSR count). The van der Waals surface area contributed by atoms with Crippen LogP contribution in [0.25, 0.3) is 11.4 Å². The molecule has 2 aromatic carbocycles. The Kier molecular flexibility index (Phi) is 6.97. The lowest BCUT2D eigenvalue weighted by Gasteiger charge is -2.26. The Labute approximate surface area is 196 Å². The van der Waals surface area contributed by atoms with E-state index in [1.165, 1.54) is 11.8 Å². The maximum Gasteiger partial charge on any atom is 0.237 e. The molecule has 0 saturated carbocycles. The van der Waals surface area contributed by atoms with Crippen molar-refractivity contribution in [2.75, 3.05) is 10.7 Å². The van der Waals surface area contributed by atoms with Crippen LogP contribution in [0.15, 0.2) is 82.6 Å². The highest BCUT2D eigenvalue weighted by Crippen LogP contribution is 2.27. The lowest BCUT2D eigenvalue weighted by molar-refractivity contribution is -0.116. The number of carbonyl (C=O) groups excluding carboxylic acids is 1. The van der Waals surface area contributed by atoms with E-state index in [4.69, 9.17) is 16.0 Å². The molecule has 0 N–H and O–H groups in total. The number of aromatic nitrogens is 3. The molecule has 0 spiro atoms. The first-order chi connectivity index (χ1) is 15.5. The highest BCUT2D eigenvalue weighted by atomic mass is 35.5. The Hall–Kier alpha value is -3.03. The summed E-state index contributed by atoms with van der Waals surface area (Å²) in [4.78, 5) is 14.9. The van der Waals surface area contributed by atoms with Crippen LogP contribution in [-0.4, -0.2) is 32.5 Å². The fraction of sp³-hybridized carbons (Fsp3) is 0.208. The fourth-order valence-corrected chi connectivity index (χ4v) is 4.35. The van der Waals surface area contributed by atoms with Gasteiger partial charge in [-0.25, -0.2) is 0 Å². The van der Waals surface area contributed by atoms with Crippen LogP contribution in [0.1, 0.15) is 19.6 Å². The van der Waals surface area contributed by atoms with Crippen molar-refractivity contribution < 1.29 is 9.21 Å². The zero-order valence-electron chi connectivity index (χ0n) is 17.8. The molecule has 0 saturated heterocycles. The predicted octanol–water partition coefficient (Wildman–Crippen LogP) is 5.77. The second kappa shape index (κ2) is 10.1. The molecule has 0 aliphatic rings. The minimum Gasteiger partial charge on any atom is -0.467 e. The average Bonchev–Trinajstić information content (AvgIpc) is 3.44. The van der Waals surface area contributed by atoms with E-state index >= 15 is 0 Å². The topological polar surface area (TPSA) is 64.2 Å². The number of para-hydroxylation sites is 1. The molecule has 1 amide bonds. The molecule has 2 heterocycles. The van der Waals surface area contributed by atoms with Crippen LogP contribution < -0.4 is 4.90 Å². The minimum atomic E-state index is 0.0109. The number of amides is 1. The van der Waals surface area contributed by atoms with Gasteiger partial charge in [-0.15, -0.1) is 10.2 Å². The third-order valence-electron chi connectivity index (χ3n) is 4.86. The third kappa shape index (κ3) is 5.06. The van der Waals surface area contributed by atoms with Crippen molar-refractivity contribution in [3.8, 4) is 11.4 Å². The lowest BCUT2D eigenvalue weighted by atomic mass is 10.2. The van der Waals surface area contributed by atoms with Crippen molar-refractivity contribution in [2.24, 2.45) is 0 Å². The summed E-state index contributed by atoms with van der Waals surface area (Å²) in [5.41, 5.74) is 1.77. The van der Waals surface area contributed by atoms with Crippen LogP contribution in [0, 0.1) is 0 Å². The number of rotatable bonds is 8. The first-order valence-corrected chi connectivity index (χ1v) is 11.6. The van der Waals surface area contributed by atoms with Crippen molar-refractivity contribution in [3.63, 3.8) is 0 Å². The van der Waals surface area contributed by atoms with E-state index in [1.54, 1.807) is 11.2 Å². The molecule has 4 aromatic rings. The van der Waals surface area contributed by atoms with E-state index in [-0.39, 0.29) is 17.7 Å². The van der Waals surface area contributed by atoms with Crippen LogP contribution in [0.3, 0.4) is 0 Å². The minimum absolute atomic E-state index is 0.0109. The van der Waals surface area contributed by atoms with Gasteiger partial charge in [-0.2, -0.15) is 0 Å². The van der Waals surface area contributed by atoms with Gasteiger partial charge in [-0.05, 0) is 62.4 Å². The van der Waals surface area contributed by atoms with Crippen molar-refractivity contribution in [2.45, 2.75) is 31.6 Å². The van der Waals surface area contributed by atoms with E-state index in [1.807, 2.05) is 85.1 Å². The number of anilines is 1. The Bertz CT molecular complexity index is 1160. The van der Waals surface area contributed by atoms with Crippen LogP contribution in [-0.2, 0) is 11.3 Å². The summed E-state index contributed by atoms with van der Waals surface area (Å²) >= 11 is 7.41. The summed E-state index contributed by atoms with van der Waals surface area (Å²) in [5, 5.41) is 10.1. The normalized spacial score (nSPS) is 11.1. The van der Waals surface area contributed by atoms with E-state index in [2.05, 4.69) is 10.2 Å². The van der Waals surface area contributed by atoms with Crippen LogP contribution in [0.2, 0.25) is 5.02 Å². The van der Waals surface area contributed by atoms with E-state index < -0.39 is 0 Å².